The molecule has 1 aliphatic rings. The molecule has 0 N–H and O–H groups in total. The normalized spacial score (nSPS) is 17.9. The van der Waals surface area contributed by atoms with Crippen molar-refractivity contribution < 1.29 is 19.1 Å². The van der Waals surface area contributed by atoms with Crippen molar-refractivity contribution in [3.63, 3.8) is 0 Å². The zero-order valence-corrected chi connectivity index (χ0v) is 13.1. The Morgan fingerprint density at radius 2 is 2.00 bits per heavy atom. The summed E-state index contributed by atoms with van der Waals surface area (Å²) in [7, 11) is 0. The van der Waals surface area contributed by atoms with Crippen molar-refractivity contribution in [1.82, 2.24) is 4.90 Å². The predicted molar refractivity (Wildman–Crippen MR) is 81.3 cm³/mol. The van der Waals surface area contributed by atoms with Crippen molar-refractivity contribution in [1.29, 1.82) is 0 Å². The van der Waals surface area contributed by atoms with E-state index in [0.717, 1.165) is 12.0 Å². The van der Waals surface area contributed by atoms with Crippen molar-refractivity contribution in [3.8, 4) is 0 Å². The first-order valence-corrected chi connectivity index (χ1v) is 7.95. The average molecular weight is 389 g/mol. The number of ether oxygens (including phenoxy) is 2. The van der Waals surface area contributed by atoms with E-state index in [-0.39, 0.29) is 17.2 Å². The molecular weight excluding hydrogens is 373 g/mol. The molecule has 1 fully saturated rings. The molecule has 1 saturated heterocycles. The Balaban J connectivity index is 1.89. The second-order valence-electron chi connectivity index (χ2n) is 4.46. The smallest absolute Gasteiger partial charge is 0.411 e. The summed E-state index contributed by atoms with van der Waals surface area (Å²) in [5.74, 6) is -0.364. The van der Waals surface area contributed by atoms with Gasteiger partial charge in [-0.2, -0.15) is 0 Å². The van der Waals surface area contributed by atoms with Gasteiger partial charge in [-0.3, -0.25) is 4.90 Å². The lowest BCUT2D eigenvalue weighted by molar-refractivity contribution is -0.149. The van der Waals surface area contributed by atoms with E-state index in [9.17, 15) is 9.59 Å². The number of benzene rings is 1. The minimum atomic E-state index is -0.519. The van der Waals surface area contributed by atoms with Gasteiger partial charge >= 0.3 is 12.1 Å². The van der Waals surface area contributed by atoms with Crippen LogP contribution in [0.25, 0.3) is 0 Å². The number of likely N-dealkylation sites (tertiary alicyclic amines) is 1. The van der Waals surface area contributed by atoms with Crippen LogP contribution in [0.15, 0.2) is 30.3 Å². The number of hydrogen-bond donors (Lipinski definition) is 0. The van der Waals surface area contributed by atoms with Gasteiger partial charge in [0.05, 0.1) is 0 Å². The molecule has 1 aromatic carbocycles. The molecule has 6 heteroatoms. The van der Waals surface area contributed by atoms with Gasteiger partial charge in [-0.1, -0.05) is 30.3 Å². The molecule has 1 aliphatic heterocycles. The molecule has 1 heterocycles. The highest BCUT2D eigenvalue weighted by Gasteiger charge is 2.36. The predicted octanol–water partition coefficient (Wildman–Crippen LogP) is 2.72. The first kappa shape index (κ1) is 15.1. The maximum atomic E-state index is 12.1. The standard InChI is InChI=1S/C14H16INO4/c15-10-20-14(18)16-8-4-7-12(16)13(17)19-9-11-5-2-1-3-6-11/h1-3,5-6,12H,4,7-10H2/t12-/m1/s1. The minimum Gasteiger partial charge on any atom is -0.459 e. The number of rotatable bonds is 4. The number of carbonyl (C=O) groups excluding carboxylic acids is 2. The molecule has 0 bridgehead atoms. The number of amides is 1. The molecule has 1 atom stereocenters. The molecule has 1 aromatic rings. The van der Waals surface area contributed by atoms with Crippen LogP contribution >= 0.6 is 22.6 Å². The highest BCUT2D eigenvalue weighted by Crippen LogP contribution is 2.20. The summed E-state index contributed by atoms with van der Waals surface area (Å²) in [6, 6.07) is 8.96. The van der Waals surface area contributed by atoms with E-state index in [1.165, 1.54) is 4.90 Å². The van der Waals surface area contributed by atoms with Crippen molar-refractivity contribution in [2.45, 2.75) is 25.5 Å². The van der Waals surface area contributed by atoms with Crippen LogP contribution in [0.1, 0.15) is 18.4 Å². The lowest BCUT2D eigenvalue weighted by atomic mass is 10.2. The molecule has 0 saturated carbocycles. The topological polar surface area (TPSA) is 55.8 Å². The number of nitrogens with zero attached hydrogens (tertiary/aromatic N) is 1. The second-order valence-corrected chi connectivity index (χ2v) is 5.09. The lowest BCUT2D eigenvalue weighted by Crippen LogP contribution is -2.41. The summed E-state index contributed by atoms with van der Waals surface area (Å²) in [5.41, 5.74) is 0.931. The Kier molecular flexibility index (Phi) is 5.63. The van der Waals surface area contributed by atoms with Crippen LogP contribution in [0.4, 0.5) is 4.79 Å². The summed E-state index contributed by atoms with van der Waals surface area (Å²) in [6.45, 7) is 0.770. The van der Waals surface area contributed by atoms with Gasteiger partial charge in [0.2, 0.25) is 0 Å². The maximum Gasteiger partial charge on any atom is 0.411 e. The van der Waals surface area contributed by atoms with Crippen LogP contribution in [-0.2, 0) is 20.9 Å². The molecule has 0 radical (unpaired) electrons. The fourth-order valence-corrected chi connectivity index (χ4v) is 2.45. The Labute approximate surface area is 131 Å². The summed E-state index contributed by atoms with van der Waals surface area (Å²) in [4.78, 5) is 25.2. The Bertz CT molecular complexity index is 466. The molecule has 0 aromatic heterocycles. The van der Waals surface area contributed by atoms with Crippen LogP contribution < -0.4 is 0 Å². The van der Waals surface area contributed by atoms with E-state index in [1.54, 1.807) is 0 Å². The molecule has 0 aliphatic carbocycles. The van der Waals surface area contributed by atoms with Crippen molar-refractivity contribution in [2.24, 2.45) is 0 Å². The molecule has 20 heavy (non-hydrogen) atoms. The number of esters is 1. The van der Waals surface area contributed by atoms with Gasteiger partial charge in [0.25, 0.3) is 0 Å². The Morgan fingerprint density at radius 3 is 2.70 bits per heavy atom. The van der Waals surface area contributed by atoms with Crippen molar-refractivity contribution in [2.75, 3.05) is 11.2 Å². The fraction of sp³-hybridized carbons (Fsp3) is 0.429. The average Bonchev–Trinajstić information content (AvgIpc) is 2.96. The summed E-state index contributed by atoms with van der Waals surface area (Å²) >= 11 is 1.95. The molecule has 2 rings (SSSR count). The van der Waals surface area contributed by atoms with E-state index in [0.29, 0.717) is 13.0 Å². The van der Waals surface area contributed by atoms with Crippen molar-refractivity contribution >= 4 is 34.7 Å². The van der Waals surface area contributed by atoms with E-state index in [2.05, 4.69) is 0 Å². The third-order valence-corrected chi connectivity index (χ3v) is 3.47. The van der Waals surface area contributed by atoms with Gasteiger partial charge in [0.15, 0.2) is 0 Å². The minimum absolute atomic E-state index is 0.228. The zero-order valence-electron chi connectivity index (χ0n) is 11.0. The first-order chi connectivity index (χ1) is 9.72. The molecule has 5 nitrogen and oxygen atoms in total. The quantitative estimate of drug-likeness (QED) is 0.452. The van der Waals surface area contributed by atoms with E-state index < -0.39 is 12.1 Å². The van der Waals surface area contributed by atoms with Gasteiger partial charge in [0, 0.05) is 6.54 Å². The SMILES string of the molecule is O=C(OCc1ccccc1)[C@H]1CCCN1C(=O)OCI. The van der Waals surface area contributed by atoms with Crippen LogP contribution in [0.5, 0.6) is 0 Å². The van der Waals surface area contributed by atoms with Crippen LogP contribution in [-0.4, -0.2) is 34.2 Å². The molecular formula is C14H16INO4. The molecule has 0 spiro atoms. The number of alkyl halides is 1. The first-order valence-electron chi connectivity index (χ1n) is 6.42. The largest absolute Gasteiger partial charge is 0.459 e. The maximum absolute atomic E-state index is 12.1. The second kappa shape index (κ2) is 7.47. The van der Waals surface area contributed by atoms with E-state index >= 15 is 0 Å². The molecule has 0 unspecified atom stereocenters. The van der Waals surface area contributed by atoms with Crippen molar-refractivity contribution in [3.05, 3.63) is 35.9 Å². The number of carbonyl (C=O) groups is 2. The Hall–Kier alpha value is -1.31. The Morgan fingerprint density at radius 1 is 1.25 bits per heavy atom. The third-order valence-electron chi connectivity index (χ3n) is 3.16. The van der Waals surface area contributed by atoms with Crippen LogP contribution in [0, 0.1) is 0 Å². The highest BCUT2D eigenvalue weighted by atomic mass is 127. The van der Waals surface area contributed by atoms with Gasteiger partial charge in [-0.05, 0) is 41.0 Å². The summed E-state index contributed by atoms with van der Waals surface area (Å²) < 4.78 is 10.5. The lowest BCUT2D eigenvalue weighted by Gasteiger charge is -2.22. The highest BCUT2D eigenvalue weighted by molar-refractivity contribution is 14.1. The van der Waals surface area contributed by atoms with Gasteiger partial charge < -0.3 is 9.47 Å². The van der Waals surface area contributed by atoms with Gasteiger partial charge in [0.1, 0.15) is 17.3 Å². The zero-order chi connectivity index (χ0) is 14.4. The van der Waals surface area contributed by atoms with Gasteiger partial charge in [-0.25, -0.2) is 9.59 Å². The summed E-state index contributed by atoms with van der Waals surface area (Å²) in [6.07, 6.45) is 0.976. The number of halogens is 1. The summed E-state index contributed by atoms with van der Waals surface area (Å²) in [5, 5.41) is 0. The van der Waals surface area contributed by atoms with Crippen LogP contribution in [0.2, 0.25) is 0 Å². The van der Waals surface area contributed by atoms with E-state index in [1.807, 2.05) is 52.9 Å². The molecule has 108 valence electrons. The van der Waals surface area contributed by atoms with E-state index in [4.69, 9.17) is 9.47 Å². The molecule has 1 amide bonds. The van der Waals surface area contributed by atoms with Crippen LogP contribution in [0.3, 0.4) is 0 Å². The third kappa shape index (κ3) is 3.84. The van der Waals surface area contributed by atoms with Gasteiger partial charge in [-0.15, -0.1) is 0 Å². The number of hydrogen-bond acceptors (Lipinski definition) is 4. The fourth-order valence-electron chi connectivity index (χ4n) is 2.18. The monoisotopic (exact) mass is 389 g/mol.